The summed E-state index contributed by atoms with van der Waals surface area (Å²) in [5.41, 5.74) is 4.91. The van der Waals surface area contributed by atoms with Crippen LogP contribution in [-0.2, 0) is 11.2 Å². The van der Waals surface area contributed by atoms with Gasteiger partial charge in [0.05, 0.1) is 6.42 Å². The molecule has 1 N–H and O–H groups in total. The molecule has 3 heteroatoms. The zero-order valence-corrected chi connectivity index (χ0v) is 13.0. The lowest BCUT2D eigenvalue weighted by molar-refractivity contribution is -0.120. The van der Waals surface area contributed by atoms with E-state index >= 15 is 0 Å². The van der Waals surface area contributed by atoms with Crippen LogP contribution in [0.15, 0.2) is 47.6 Å². The van der Waals surface area contributed by atoms with Gasteiger partial charge in [-0.25, -0.2) is 5.43 Å². The van der Waals surface area contributed by atoms with Crippen molar-refractivity contribution in [1.82, 2.24) is 5.43 Å². The first-order valence-electron chi connectivity index (χ1n) is 8.03. The zero-order valence-electron chi connectivity index (χ0n) is 13.0. The molecule has 1 aliphatic rings. The van der Waals surface area contributed by atoms with Crippen LogP contribution in [-0.4, -0.2) is 11.6 Å². The van der Waals surface area contributed by atoms with Crippen LogP contribution in [0.1, 0.15) is 38.2 Å². The summed E-state index contributed by atoms with van der Waals surface area (Å²) < 4.78 is 0. The van der Waals surface area contributed by atoms with Gasteiger partial charge in [-0.05, 0) is 47.9 Å². The summed E-state index contributed by atoms with van der Waals surface area (Å²) in [6.07, 6.45) is 4.75. The maximum atomic E-state index is 12.1. The third-order valence-electron chi connectivity index (χ3n) is 4.42. The van der Waals surface area contributed by atoms with Gasteiger partial charge >= 0.3 is 0 Å². The molecule has 1 amide bonds. The SMILES string of the molecule is CC1CCC(=NNC(=O)Cc2cccc3ccccc23)CC1. The summed E-state index contributed by atoms with van der Waals surface area (Å²) in [6.45, 7) is 2.27. The van der Waals surface area contributed by atoms with Crippen molar-refractivity contribution in [1.29, 1.82) is 0 Å². The maximum absolute atomic E-state index is 12.1. The molecule has 0 spiro atoms. The highest BCUT2D eigenvalue weighted by Crippen LogP contribution is 2.21. The van der Waals surface area contributed by atoms with Crippen molar-refractivity contribution in [2.75, 3.05) is 0 Å². The van der Waals surface area contributed by atoms with Gasteiger partial charge in [-0.1, -0.05) is 49.4 Å². The maximum Gasteiger partial charge on any atom is 0.244 e. The second kappa shape index (κ2) is 6.73. The van der Waals surface area contributed by atoms with Gasteiger partial charge in [0.1, 0.15) is 0 Å². The van der Waals surface area contributed by atoms with E-state index in [0.717, 1.165) is 35.4 Å². The van der Waals surface area contributed by atoms with E-state index in [0.29, 0.717) is 6.42 Å². The van der Waals surface area contributed by atoms with E-state index in [4.69, 9.17) is 0 Å². The largest absolute Gasteiger partial charge is 0.273 e. The molecular weight excluding hydrogens is 272 g/mol. The minimum Gasteiger partial charge on any atom is -0.273 e. The van der Waals surface area contributed by atoms with E-state index < -0.39 is 0 Å². The van der Waals surface area contributed by atoms with Crippen LogP contribution in [0, 0.1) is 5.92 Å². The number of hydrogen-bond donors (Lipinski definition) is 1. The molecule has 3 nitrogen and oxygen atoms in total. The summed E-state index contributed by atoms with van der Waals surface area (Å²) in [5, 5.41) is 6.62. The standard InChI is InChI=1S/C19H22N2O/c1-14-9-11-17(12-10-14)20-21-19(22)13-16-7-4-6-15-5-2-3-8-18(15)16/h2-8,14H,9-13H2,1H3,(H,21,22). The lowest BCUT2D eigenvalue weighted by Crippen LogP contribution is -2.23. The van der Waals surface area contributed by atoms with Crippen LogP contribution < -0.4 is 5.43 Å². The fourth-order valence-corrected chi connectivity index (χ4v) is 3.01. The summed E-state index contributed by atoms with van der Waals surface area (Å²) in [5.74, 6) is 0.743. The van der Waals surface area contributed by atoms with Gasteiger partial charge in [-0.15, -0.1) is 0 Å². The fraction of sp³-hybridized carbons (Fsp3) is 0.368. The van der Waals surface area contributed by atoms with Crippen molar-refractivity contribution < 1.29 is 4.79 Å². The van der Waals surface area contributed by atoms with Crippen LogP contribution in [0.25, 0.3) is 10.8 Å². The Labute approximate surface area is 131 Å². The lowest BCUT2D eigenvalue weighted by atomic mass is 9.90. The van der Waals surface area contributed by atoms with Crippen molar-refractivity contribution >= 4 is 22.4 Å². The van der Waals surface area contributed by atoms with Gasteiger partial charge in [-0.2, -0.15) is 5.10 Å². The number of hydrazone groups is 1. The Hall–Kier alpha value is -2.16. The lowest BCUT2D eigenvalue weighted by Gasteiger charge is -2.18. The van der Waals surface area contributed by atoms with Crippen molar-refractivity contribution in [2.45, 2.75) is 39.0 Å². The number of carbonyl (C=O) groups excluding carboxylic acids is 1. The summed E-state index contributed by atoms with van der Waals surface area (Å²) in [6, 6.07) is 14.2. The van der Waals surface area contributed by atoms with Gasteiger partial charge in [0.2, 0.25) is 5.91 Å². The average molecular weight is 294 g/mol. The molecule has 114 valence electrons. The van der Waals surface area contributed by atoms with E-state index in [1.807, 2.05) is 24.3 Å². The molecule has 2 aromatic carbocycles. The topological polar surface area (TPSA) is 41.5 Å². The molecule has 1 saturated carbocycles. The van der Waals surface area contributed by atoms with E-state index in [1.54, 1.807) is 0 Å². The van der Waals surface area contributed by atoms with Gasteiger partial charge in [0.15, 0.2) is 0 Å². The van der Waals surface area contributed by atoms with Crippen LogP contribution in [0.2, 0.25) is 0 Å². The van der Waals surface area contributed by atoms with Crippen molar-refractivity contribution in [3.05, 3.63) is 48.0 Å². The Morgan fingerprint density at radius 3 is 2.68 bits per heavy atom. The van der Waals surface area contributed by atoms with Gasteiger partial charge in [0, 0.05) is 5.71 Å². The normalized spacial score (nSPS) is 18.2. The highest BCUT2D eigenvalue weighted by molar-refractivity contribution is 5.91. The molecule has 3 rings (SSSR count). The zero-order chi connectivity index (χ0) is 15.4. The predicted molar refractivity (Wildman–Crippen MR) is 90.9 cm³/mol. The third-order valence-corrected chi connectivity index (χ3v) is 4.42. The number of benzene rings is 2. The second-order valence-electron chi connectivity index (χ2n) is 6.21. The molecule has 1 fully saturated rings. The first kappa shape index (κ1) is 14.8. The van der Waals surface area contributed by atoms with Crippen LogP contribution in [0.4, 0.5) is 0 Å². The Morgan fingerprint density at radius 2 is 1.86 bits per heavy atom. The first-order chi connectivity index (χ1) is 10.7. The molecule has 2 aromatic rings. The molecule has 0 aromatic heterocycles. The van der Waals surface area contributed by atoms with E-state index in [9.17, 15) is 4.79 Å². The summed E-state index contributed by atoms with van der Waals surface area (Å²) in [4.78, 5) is 12.1. The van der Waals surface area contributed by atoms with Gasteiger partial charge < -0.3 is 0 Å². The number of nitrogens with zero attached hydrogens (tertiary/aromatic N) is 1. The Kier molecular flexibility index (Phi) is 4.52. The van der Waals surface area contributed by atoms with Crippen LogP contribution in [0.3, 0.4) is 0 Å². The minimum atomic E-state index is -0.0394. The molecule has 0 heterocycles. The molecule has 1 aliphatic carbocycles. The fourth-order valence-electron chi connectivity index (χ4n) is 3.01. The third kappa shape index (κ3) is 3.53. The Balaban J connectivity index is 1.65. The number of hydrogen-bond acceptors (Lipinski definition) is 2. The van der Waals surface area contributed by atoms with E-state index in [-0.39, 0.29) is 5.91 Å². The number of fused-ring (bicyclic) bond motifs is 1. The number of carbonyl (C=O) groups is 1. The summed E-state index contributed by atoms with van der Waals surface area (Å²) >= 11 is 0. The van der Waals surface area contributed by atoms with E-state index in [1.165, 1.54) is 18.2 Å². The number of rotatable bonds is 3. The average Bonchev–Trinajstić information content (AvgIpc) is 2.55. The molecule has 0 unspecified atom stereocenters. The predicted octanol–water partition coefficient (Wildman–Crippen LogP) is 4.06. The minimum absolute atomic E-state index is 0.0394. The quantitative estimate of drug-likeness (QED) is 0.852. The summed E-state index contributed by atoms with van der Waals surface area (Å²) in [7, 11) is 0. The second-order valence-corrected chi connectivity index (χ2v) is 6.21. The number of nitrogens with one attached hydrogen (secondary N) is 1. The van der Waals surface area contributed by atoms with E-state index in [2.05, 4.69) is 35.7 Å². The molecule has 0 saturated heterocycles. The van der Waals surface area contributed by atoms with Crippen molar-refractivity contribution in [3.8, 4) is 0 Å². The Bertz CT molecular complexity index is 690. The monoisotopic (exact) mass is 294 g/mol. The molecule has 0 bridgehead atoms. The van der Waals surface area contributed by atoms with Crippen LogP contribution >= 0.6 is 0 Å². The highest BCUT2D eigenvalue weighted by atomic mass is 16.2. The number of amides is 1. The van der Waals surface area contributed by atoms with Crippen LogP contribution in [0.5, 0.6) is 0 Å². The molecule has 22 heavy (non-hydrogen) atoms. The molecular formula is C19H22N2O. The van der Waals surface area contributed by atoms with Crippen molar-refractivity contribution in [3.63, 3.8) is 0 Å². The van der Waals surface area contributed by atoms with Gasteiger partial charge in [0.25, 0.3) is 0 Å². The highest BCUT2D eigenvalue weighted by Gasteiger charge is 2.14. The van der Waals surface area contributed by atoms with Gasteiger partial charge in [-0.3, -0.25) is 4.79 Å². The smallest absolute Gasteiger partial charge is 0.244 e. The molecule has 0 aliphatic heterocycles. The Morgan fingerprint density at radius 1 is 1.14 bits per heavy atom. The van der Waals surface area contributed by atoms with Crippen molar-refractivity contribution in [2.24, 2.45) is 11.0 Å². The molecule has 0 atom stereocenters. The molecule has 0 radical (unpaired) electrons. The first-order valence-corrected chi connectivity index (χ1v) is 8.03.